The number of esters is 1. The minimum atomic E-state index is -0.605. The first kappa shape index (κ1) is 25.9. The molecule has 2 fully saturated rings. The fourth-order valence-electron chi connectivity index (χ4n) is 5.35. The Kier molecular flexibility index (Phi) is 8.14. The van der Waals surface area contributed by atoms with Gasteiger partial charge in [-0.15, -0.1) is 6.58 Å². The Hall–Kier alpha value is -3.13. The molecule has 1 N–H and O–H groups in total. The van der Waals surface area contributed by atoms with Gasteiger partial charge in [-0.2, -0.15) is 0 Å². The van der Waals surface area contributed by atoms with E-state index in [2.05, 4.69) is 23.7 Å². The first-order chi connectivity index (χ1) is 17.3. The van der Waals surface area contributed by atoms with E-state index in [-0.39, 0.29) is 37.0 Å². The number of hydrogen-bond acceptors (Lipinski definition) is 5. The second-order valence-electron chi connectivity index (χ2n) is 10.0. The van der Waals surface area contributed by atoms with Crippen molar-refractivity contribution in [2.24, 2.45) is 5.92 Å². The van der Waals surface area contributed by atoms with E-state index in [1.54, 1.807) is 17.9 Å². The summed E-state index contributed by atoms with van der Waals surface area (Å²) in [5, 5.41) is 3.02. The standard InChI is InChI=1S/C28H38N4O4/c1-5-13-32-23(18-30-14-15-31(20(4)17-30)26(33)21-10-8-11-21)24(27(34)36-6-2)25(29-28(32)35)22-12-7-9-19(3)16-22/h5,7,9,12,16,20-21,25H,1,6,8,10-11,13-15,17-18H2,2-4H3,(H,29,35). The van der Waals surface area contributed by atoms with Crippen LogP contribution in [0.25, 0.3) is 0 Å². The third-order valence-electron chi connectivity index (χ3n) is 7.44. The van der Waals surface area contributed by atoms with E-state index in [4.69, 9.17) is 4.74 Å². The van der Waals surface area contributed by atoms with Gasteiger partial charge in [0.25, 0.3) is 0 Å². The third-order valence-corrected chi connectivity index (χ3v) is 7.44. The van der Waals surface area contributed by atoms with Crippen LogP contribution in [-0.4, -0.2) is 78.0 Å². The second kappa shape index (κ2) is 11.3. The molecule has 4 rings (SSSR count). The zero-order valence-electron chi connectivity index (χ0n) is 21.7. The number of nitrogens with zero attached hydrogens (tertiary/aromatic N) is 3. The van der Waals surface area contributed by atoms with Crippen molar-refractivity contribution in [3.8, 4) is 0 Å². The number of urea groups is 1. The summed E-state index contributed by atoms with van der Waals surface area (Å²) in [4.78, 5) is 45.3. The van der Waals surface area contributed by atoms with Crippen LogP contribution in [0.4, 0.5) is 4.79 Å². The molecule has 36 heavy (non-hydrogen) atoms. The minimum absolute atomic E-state index is 0.0661. The molecule has 2 heterocycles. The van der Waals surface area contributed by atoms with E-state index in [1.165, 1.54) is 0 Å². The van der Waals surface area contributed by atoms with Crippen molar-refractivity contribution < 1.29 is 19.1 Å². The highest BCUT2D eigenvalue weighted by atomic mass is 16.5. The van der Waals surface area contributed by atoms with E-state index in [9.17, 15) is 14.4 Å². The average Bonchev–Trinajstić information content (AvgIpc) is 2.80. The lowest BCUT2D eigenvalue weighted by Crippen LogP contribution is -2.57. The van der Waals surface area contributed by atoms with E-state index in [1.807, 2.05) is 36.1 Å². The maximum absolute atomic E-state index is 13.3. The molecule has 0 aromatic heterocycles. The van der Waals surface area contributed by atoms with Gasteiger partial charge in [0.05, 0.1) is 18.2 Å². The Morgan fingerprint density at radius 2 is 2.03 bits per heavy atom. The summed E-state index contributed by atoms with van der Waals surface area (Å²) in [5.41, 5.74) is 2.96. The first-order valence-electron chi connectivity index (χ1n) is 13.0. The molecular formula is C28H38N4O4. The van der Waals surface area contributed by atoms with Crippen molar-refractivity contribution in [2.75, 3.05) is 39.3 Å². The summed E-state index contributed by atoms with van der Waals surface area (Å²) in [5.74, 6) is 0.0157. The zero-order chi connectivity index (χ0) is 25.8. The number of rotatable bonds is 8. The number of hydrogen-bond donors (Lipinski definition) is 1. The molecule has 2 atom stereocenters. The largest absolute Gasteiger partial charge is 0.463 e. The van der Waals surface area contributed by atoms with Crippen molar-refractivity contribution in [1.82, 2.24) is 20.0 Å². The number of carbonyl (C=O) groups excluding carboxylic acids is 3. The van der Waals surface area contributed by atoms with Gasteiger partial charge in [-0.05, 0) is 39.2 Å². The van der Waals surface area contributed by atoms with Crippen molar-refractivity contribution in [2.45, 2.75) is 52.1 Å². The van der Waals surface area contributed by atoms with Gasteiger partial charge in [0.2, 0.25) is 5.91 Å². The number of ether oxygens (including phenoxy) is 1. The predicted octanol–water partition coefficient (Wildman–Crippen LogP) is 3.40. The van der Waals surface area contributed by atoms with Crippen molar-refractivity contribution in [3.05, 3.63) is 59.3 Å². The van der Waals surface area contributed by atoms with Gasteiger partial charge in [0.15, 0.2) is 0 Å². The van der Waals surface area contributed by atoms with E-state index < -0.39 is 12.0 Å². The van der Waals surface area contributed by atoms with Gasteiger partial charge in [0.1, 0.15) is 0 Å². The Bertz CT molecular complexity index is 1050. The number of amides is 3. The molecule has 0 radical (unpaired) electrons. The van der Waals surface area contributed by atoms with Crippen molar-refractivity contribution in [1.29, 1.82) is 0 Å². The molecule has 2 aliphatic heterocycles. The average molecular weight is 495 g/mol. The maximum atomic E-state index is 13.3. The van der Waals surface area contributed by atoms with Crippen LogP contribution in [0.5, 0.6) is 0 Å². The molecule has 3 amide bonds. The molecule has 1 saturated carbocycles. The quantitative estimate of drug-likeness (QED) is 0.443. The second-order valence-corrected chi connectivity index (χ2v) is 10.0. The molecule has 1 saturated heterocycles. The number of aryl methyl sites for hydroxylation is 1. The molecule has 194 valence electrons. The fourth-order valence-corrected chi connectivity index (χ4v) is 5.35. The van der Waals surface area contributed by atoms with Crippen molar-refractivity contribution >= 4 is 17.9 Å². The lowest BCUT2D eigenvalue weighted by Gasteiger charge is -2.44. The first-order valence-corrected chi connectivity index (χ1v) is 13.0. The summed E-state index contributed by atoms with van der Waals surface area (Å²) in [6, 6.07) is 7.01. The summed E-state index contributed by atoms with van der Waals surface area (Å²) < 4.78 is 5.49. The van der Waals surface area contributed by atoms with Crippen molar-refractivity contribution in [3.63, 3.8) is 0 Å². The summed E-state index contributed by atoms with van der Waals surface area (Å²) >= 11 is 0. The topological polar surface area (TPSA) is 82.2 Å². The smallest absolute Gasteiger partial charge is 0.338 e. The number of piperazine rings is 1. The maximum Gasteiger partial charge on any atom is 0.338 e. The highest BCUT2D eigenvalue weighted by Crippen LogP contribution is 2.33. The highest BCUT2D eigenvalue weighted by molar-refractivity contribution is 5.95. The summed E-state index contributed by atoms with van der Waals surface area (Å²) in [6.07, 6.45) is 4.78. The predicted molar refractivity (Wildman–Crippen MR) is 138 cm³/mol. The van der Waals surface area contributed by atoms with Crippen LogP contribution in [0.2, 0.25) is 0 Å². The number of nitrogens with one attached hydrogen (secondary N) is 1. The van der Waals surface area contributed by atoms with E-state index in [0.717, 1.165) is 30.4 Å². The van der Waals surface area contributed by atoms with E-state index in [0.29, 0.717) is 37.4 Å². The lowest BCUT2D eigenvalue weighted by atomic mass is 9.84. The molecule has 1 aromatic rings. The fraction of sp³-hybridized carbons (Fsp3) is 0.536. The van der Waals surface area contributed by atoms with Crippen LogP contribution in [0.3, 0.4) is 0 Å². The van der Waals surface area contributed by atoms with Crippen LogP contribution < -0.4 is 5.32 Å². The zero-order valence-corrected chi connectivity index (χ0v) is 21.7. The van der Waals surface area contributed by atoms with Gasteiger partial charge in [0, 0.05) is 50.4 Å². The minimum Gasteiger partial charge on any atom is -0.463 e. The van der Waals surface area contributed by atoms with Crippen LogP contribution in [0.15, 0.2) is 48.2 Å². The number of carbonyl (C=O) groups is 3. The molecule has 1 aromatic carbocycles. The van der Waals surface area contributed by atoms with Gasteiger partial charge in [-0.1, -0.05) is 42.3 Å². The van der Waals surface area contributed by atoms with Crippen LogP contribution >= 0.6 is 0 Å². The summed E-state index contributed by atoms with van der Waals surface area (Å²) in [7, 11) is 0. The molecule has 0 spiro atoms. The lowest BCUT2D eigenvalue weighted by molar-refractivity contribution is -0.142. The molecule has 8 heteroatoms. The molecule has 8 nitrogen and oxygen atoms in total. The van der Waals surface area contributed by atoms with Gasteiger partial charge in [-0.25, -0.2) is 9.59 Å². The van der Waals surface area contributed by atoms with Crippen LogP contribution in [-0.2, 0) is 14.3 Å². The van der Waals surface area contributed by atoms with Crippen LogP contribution in [0.1, 0.15) is 50.3 Å². The Balaban J connectivity index is 1.66. The molecule has 3 aliphatic rings. The number of benzene rings is 1. The van der Waals surface area contributed by atoms with Gasteiger partial charge >= 0.3 is 12.0 Å². The monoisotopic (exact) mass is 494 g/mol. The Labute approximate surface area is 213 Å². The molecule has 1 aliphatic carbocycles. The normalized spacial score (nSPS) is 23.2. The summed E-state index contributed by atoms with van der Waals surface area (Å²) in [6.45, 7) is 12.6. The highest BCUT2D eigenvalue weighted by Gasteiger charge is 2.40. The van der Waals surface area contributed by atoms with Crippen LogP contribution in [0, 0.1) is 12.8 Å². The van der Waals surface area contributed by atoms with Gasteiger partial charge in [-0.3, -0.25) is 14.6 Å². The molecule has 0 bridgehead atoms. The molecular weight excluding hydrogens is 456 g/mol. The van der Waals surface area contributed by atoms with E-state index >= 15 is 0 Å². The molecule has 2 unspecified atom stereocenters. The Morgan fingerprint density at radius 3 is 2.64 bits per heavy atom. The van der Waals surface area contributed by atoms with Gasteiger partial charge < -0.3 is 15.0 Å². The Morgan fingerprint density at radius 1 is 1.25 bits per heavy atom. The third kappa shape index (κ3) is 5.33. The SMILES string of the molecule is C=CCN1C(=O)NC(c2cccc(C)c2)C(C(=O)OCC)=C1CN1CCN(C(=O)C2CCC2)C(C)C1.